The third-order valence-electron chi connectivity index (χ3n) is 2.81. The molecule has 7 nitrogen and oxygen atoms in total. The molecule has 2 aromatic heterocycles. The summed E-state index contributed by atoms with van der Waals surface area (Å²) in [5, 5.41) is 16.2. The highest BCUT2D eigenvalue weighted by atomic mass is 32.1. The van der Waals surface area contributed by atoms with E-state index < -0.39 is 5.97 Å². The number of urea groups is 1. The number of carboxylic acids is 1. The maximum Gasteiger partial charge on any atom is 0.338 e. The third-order valence-corrected chi connectivity index (χ3v) is 3.64. The van der Waals surface area contributed by atoms with E-state index >= 15 is 0 Å². The first-order valence-corrected chi connectivity index (χ1v) is 7.36. The van der Waals surface area contributed by atoms with Crippen LogP contribution in [0.15, 0.2) is 30.2 Å². The van der Waals surface area contributed by atoms with Crippen LogP contribution in [-0.2, 0) is 6.54 Å². The van der Waals surface area contributed by atoms with Crippen LogP contribution in [0.2, 0.25) is 0 Å². The summed E-state index contributed by atoms with van der Waals surface area (Å²) in [6.07, 6.45) is 7.14. The molecule has 21 heavy (non-hydrogen) atoms. The van der Waals surface area contributed by atoms with Crippen molar-refractivity contribution >= 4 is 28.3 Å². The van der Waals surface area contributed by atoms with E-state index in [4.69, 9.17) is 5.11 Å². The van der Waals surface area contributed by atoms with E-state index in [2.05, 4.69) is 15.6 Å². The minimum atomic E-state index is -1.05. The Morgan fingerprint density at radius 1 is 1.38 bits per heavy atom. The van der Waals surface area contributed by atoms with E-state index in [1.54, 1.807) is 17.9 Å². The van der Waals surface area contributed by atoms with Gasteiger partial charge in [-0.25, -0.2) is 14.6 Å². The molecule has 0 atom stereocenters. The number of carbonyl (C=O) groups excluding carboxylic acids is 1. The number of hydrogen-bond acceptors (Lipinski definition) is 4. The van der Waals surface area contributed by atoms with Crippen LogP contribution in [0.3, 0.4) is 0 Å². The van der Waals surface area contributed by atoms with Crippen molar-refractivity contribution in [1.82, 2.24) is 14.9 Å². The zero-order valence-corrected chi connectivity index (χ0v) is 12.1. The van der Waals surface area contributed by atoms with Gasteiger partial charge < -0.3 is 15.0 Å². The van der Waals surface area contributed by atoms with E-state index in [0.717, 1.165) is 19.4 Å². The van der Waals surface area contributed by atoms with Crippen molar-refractivity contribution in [3.63, 3.8) is 0 Å². The first kappa shape index (κ1) is 15.0. The molecule has 0 spiro atoms. The number of thiophene rings is 1. The molecular formula is C13H16N4O3S. The van der Waals surface area contributed by atoms with Gasteiger partial charge >= 0.3 is 12.0 Å². The number of nitrogens with zero attached hydrogens (tertiary/aromatic N) is 2. The van der Waals surface area contributed by atoms with Crippen molar-refractivity contribution in [3.8, 4) is 0 Å². The van der Waals surface area contributed by atoms with E-state index in [-0.39, 0.29) is 11.6 Å². The molecule has 0 saturated heterocycles. The van der Waals surface area contributed by atoms with Gasteiger partial charge in [-0.3, -0.25) is 5.32 Å². The Balaban J connectivity index is 1.65. The van der Waals surface area contributed by atoms with Gasteiger partial charge in [-0.15, -0.1) is 11.3 Å². The molecule has 0 bridgehead atoms. The molecule has 0 aliphatic rings. The highest BCUT2D eigenvalue weighted by Gasteiger charge is 2.13. The predicted molar refractivity (Wildman–Crippen MR) is 79.8 cm³/mol. The van der Waals surface area contributed by atoms with Crippen LogP contribution in [0.1, 0.15) is 23.2 Å². The predicted octanol–water partition coefficient (Wildman–Crippen LogP) is 2.24. The standard InChI is InChI=1S/C13H16N4O3S/c18-12(19)10-3-8-21-11(10)16-13(20)15-4-1-2-6-17-7-5-14-9-17/h3,5,7-9H,1-2,4,6H2,(H,18,19)(H2,15,16,20). The van der Waals surface area contributed by atoms with Gasteiger partial charge in [-0.05, 0) is 24.3 Å². The van der Waals surface area contributed by atoms with Gasteiger partial charge in [-0.1, -0.05) is 0 Å². The summed E-state index contributed by atoms with van der Waals surface area (Å²) in [7, 11) is 0. The largest absolute Gasteiger partial charge is 0.478 e. The molecule has 0 fully saturated rings. The van der Waals surface area contributed by atoms with Crippen LogP contribution in [0.4, 0.5) is 9.80 Å². The summed E-state index contributed by atoms with van der Waals surface area (Å²) in [5.41, 5.74) is 0.107. The molecule has 0 saturated carbocycles. The summed E-state index contributed by atoms with van der Waals surface area (Å²) in [6.45, 7) is 1.39. The van der Waals surface area contributed by atoms with Crippen LogP contribution < -0.4 is 10.6 Å². The van der Waals surface area contributed by atoms with Crippen LogP contribution in [0, 0.1) is 0 Å². The van der Waals surface area contributed by atoms with Crippen molar-refractivity contribution in [2.75, 3.05) is 11.9 Å². The molecule has 0 radical (unpaired) electrons. The lowest BCUT2D eigenvalue weighted by molar-refractivity contribution is 0.0698. The summed E-state index contributed by atoms with van der Waals surface area (Å²) < 4.78 is 1.98. The molecule has 0 aromatic carbocycles. The SMILES string of the molecule is O=C(NCCCCn1ccnc1)Nc1sccc1C(=O)O. The quantitative estimate of drug-likeness (QED) is 0.683. The second kappa shape index (κ2) is 7.44. The van der Waals surface area contributed by atoms with E-state index in [1.165, 1.54) is 17.4 Å². The maximum atomic E-state index is 11.7. The van der Waals surface area contributed by atoms with Crippen LogP contribution >= 0.6 is 11.3 Å². The minimum absolute atomic E-state index is 0.107. The fourth-order valence-corrected chi connectivity index (χ4v) is 2.54. The van der Waals surface area contributed by atoms with Crippen molar-refractivity contribution in [2.24, 2.45) is 0 Å². The van der Waals surface area contributed by atoms with Crippen LogP contribution in [-0.4, -0.2) is 33.2 Å². The summed E-state index contributed by atoms with van der Waals surface area (Å²) in [6, 6.07) is 1.08. The second-order valence-electron chi connectivity index (χ2n) is 4.36. The molecule has 3 N–H and O–H groups in total. The van der Waals surface area contributed by atoms with Gasteiger partial charge in [0.2, 0.25) is 0 Å². The van der Waals surface area contributed by atoms with Crippen LogP contribution in [0.25, 0.3) is 0 Å². The first-order chi connectivity index (χ1) is 10.2. The number of imidazole rings is 1. The lowest BCUT2D eigenvalue weighted by atomic mass is 10.3. The van der Waals surface area contributed by atoms with Crippen molar-refractivity contribution < 1.29 is 14.7 Å². The lowest BCUT2D eigenvalue weighted by Gasteiger charge is -2.07. The molecule has 2 aromatic rings. The summed E-state index contributed by atoms with van der Waals surface area (Å²) >= 11 is 1.19. The van der Waals surface area contributed by atoms with Gasteiger partial charge in [0.25, 0.3) is 0 Å². The number of aryl methyl sites for hydroxylation is 1. The number of aromatic carboxylic acids is 1. The molecule has 2 amide bonds. The highest BCUT2D eigenvalue weighted by Crippen LogP contribution is 2.22. The molecule has 112 valence electrons. The molecule has 0 unspecified atom stereocenters. The molecule has 2 rings (SSSR count). The Morgan fingerprint density at radius 3 is 2.95 bits per heavy atom. The normalized spacial score (nSPS) is 10.3. The molecular weight excluding hydrogens is 292 g/mol. The topological polar surface area (TPSA) is 96.3 Å². The van der Waals surface area contributed by atoms with Crippen molar-refractivity contribution in [3.05, 3.63) is 35.7 Å². The highest BCUT2D eigenvalue weighted by molar-refractivity contribution is 7.14. The Bertz CT molecular complexity index is 594. The zero-order chi connectivity index (χ0) is 15.1. The Hall–Kier alpha value is -2.35. The number of amides is 2. The number of hydrogen-bond donors (Lipinski definition) is 3. The average molecular weight is 308 g/mol. The fourth-order valence-electron chi connectivity index (χ4n) is 1.76. The Kier molecular flexibility index (Phi) is 5.33. The molecule has 8 heteroatoms. The zero-order valence-electron chi connectivity index (χ0n) is 11.3. The number of unbranched alkanes of at least 4 members (excludes halogenated alkanes) is 1. The molecule has 0 aliphatic carbocycles. The average Bonchev–Trinajstić information content (AvgIpc) is 3.09. The third kappa shape index (κ3) is 4.60. The number of aromatic nitrogens is 2. The number of carboxylic acid groups (broad SMARTS) is 1. The van der Waals surface area contributed by atoms with Crippen molar-refractivity contribution in [1.29, 1.82) is 0 Å². The summed E-state index contributed by atoms with van der Waals surface area (Å²) in [5.74, 6) is -1.05. The van der Waals surface area contributed by atoms with Gasteiger partial charge in [0, 0.05) is 25.5 Å². The van der Waals surface area contributed by atoms with Crippen LogP contribution in [0.5, 0.6) is 0 Å². The van der Waals surface area contributed by atoms with E-state index in [1.807, 2.05) is 10.8 Å². The smallest absolute Gasteiger partial charge is 0.338 e. The van der Waals surface area contributed by atoms with Crippen molar-refractivity contribution in [2.45, 2.75) is 19.4 Å². The molecule has 2 heterocycles. The van der Waals surface area contributed by atoms with Gasteiger partial charge in [0.1, 0.15) is 5.00 Å². The number of carbonyl (C=O) groups is 2. The number of anilines is 1. The van der Waals surface area contributed by atoms with Gasteiger partial charge in [-0.2, -0.15) is 0 Å². The van der Waals surface area contributed by atoms with Gasteiger partial charge in [0.15, 0.2) is 0 Å². The van der Waals surface area contributed by atoms with Gasteiger partial charge in [0.05, 0.1) is 11.9 Å². The Morgan fingerprint density at radius 2 is 2.24 bits per heavy atom. The number of nitrogens with one attached hydrogen (secondary N) is 2. The maximum absolute atomic E-state index is 11.7. The minimum Gasteiger partial charge on any atom is -0.478 e. The lowest BCUT2D eigenvalue weighted by Crippen LogP contribution is -2.29. The fraction of sp³-hybridized carbons (Fsp3) is 0.308. The first-order valence-electron chi connectivity index (χ1n) is 6.48. The molecule has 0 aliphatic heterocycles. The summed E-state index contributed by atoms with van der Waals surface area (Å²) in [4.78, 5) is 26.5. The van der Waals surface area contributed by atoms with E-state index in [9.17, 15) is 9.59 Å². The van der Waals surface area contributed by atoms with E-state index in [0.29, 0.717) is 11.5 Å². The monoisotopic (exact) mass is 308 g/mol. The second-order valence-corrected chi connectivity index (χ2v) is 5.27. The number of rotatable bonds is 7. The Labute approximate surface area is 125 Å².